The van der Waals surface area contributed by atoms with Crippen LogP contribution in [0.2, 0.25) is 0 Å². The molecule has 7 heteroatoms. The summed E-state index contributed by atoms with van der Waals surface area (Å²) in [5.41, 5.74) is 3.15. The summed E-state index contributed by atoms with van der Waals surface area (Å²) in [5.74, 6) is 0.540. The van der Waals surface area contributed by atoms with Crippen molar-refractivity contribution in [3.8, 4) is 17.2 Å². The molecule has 7 nitrogen and oxygen atoms in total. The van der Waals surface area contributed by atoms with Crippen LogP contribution in [0.15, 0.2) is 72.3 Å². The predicted octanol–water partition coefficient (Wildman–Crippen LogP) is 5.89. The Morgan fingerprint density at radius 3 is 2.26 bits per heavy atom. The lowest BCUT2D eigenvalue weighted by atomic mass is 9.93. The Bertz CT molecular complexity index is 1380. The van der Waals surface area contributed by atoms with Crippen LogP contribution in [0.4, 0.5) is 0 Å². The second-order valence-electron chi connectivity index (χ2n) is 9.68. The minimum absolute atomic E-state index is 0.0809. The number of amides is 1. The topological polar surface area (TPSA) is 85.3 Å². The number of methoxy groups -OCH3 is 2. The number of hydrogen-bond acceptors (Lipinski definition) is 6. The Kier molecular flexibility index (Phi) is 8.59. The average molecular weight is 530 g/mol. The number of carbonyl (C=O) groups excluding carboxylic acids is 2. The molecule has 0 aromatic heterocycles. The van der Waals surface area contributed by atoms with Gasteiger partial charge < -0.3 is 24.2 Å². The third-order valence-corrected chi connectivity index (χ3v) is 6.95. The first-order valence-electron chi connectivity index (χ1n) is 13.1. The van der Waals surface area contributed by atoms with Crippen LogP contribution in [0.1, 0.15) is 55.0 Å². The predicted molar refractivity (Wildman–Crippen MR) is 150 cm³/mol. The minimum atomic E-state index is -0.722. The van der Waals surface area contributed by atoms with Crippen molar-refractivity contribution in [1.82, 2.24) is 4.90 Å². The number of rotatable bonds is 10. The lowest BCUT2D eigenvalue weighted by Crippen LogP contribution is -2.31. The fourth-order valence-electron chi connectivity index (χ4n) is 4.97. The van der Waals surface area contributed by atoms with Gasteiger partial charge in [0.1, 0.15) is 11.5 Å². The van der Waals surface area contributed by atoms with E-state index in [9.17, 15) is 14.7 Å². The van der Waals surface area contributed by atoms with Crippen LogP contribution >= 0.6 is 0 Å². The maximum atomic E-state index is 13.4. The first-order chi connectivity index (χ1) is 18.8. The molecule has 1 aliphatic rings. The van der Waals surface area contributed by atoms with Gasteiger partial charge in [0.25, 0.3) is 11.7 Å². The quantitative estimate of drug-likeness (QED) is 0.200. The highest BCUT2D eigenvalue weighted by Gasteiger charge is 2.45. The van der Waals surface area contributed by atoms with E-state index >= 15 is 0 Å². The molecule has 1 aliphatic heterocycles. The molecular weight excluding hydrogens is 494 g/mol. The second kappa shape index (κ2) is 12.1. The van der Waals surface area contributed by atoms with Gasteiger partial charge in [-0.15, -0.1) is 0 Å². The summed E-state index contributed by atoms with van der Waals surface area (Å²) >= 11 is 0. The highest BCUT2D eigenvalue weighted by Crippen LogP contribution is 2.40. The smallest absolute Gasteiger partial charge is 0.295 e. The number of aliphatic hydroxyl groups excluding tert-OH is 1. The first kappa shape index (κ1) is 27.8. The molecule has 1 N–H and O–H groups in total. The number of Topliss-reactive ketones (excluding diaryl/α,β-unsaturated/α-hetero) is 1. The van der Waals surface area contributed by atoms with Crippen LogP contribution in [0.25, 0.3) is 5.76 Å². The molecule has 1 unspecified atom stereocenters. The van der Waals surface area contributed by atoms with Crippen LogP contribution in [0.3, 0.4) is 0 Å². The lowest BCUT2D eigenvalue weighted by Gasteiger charge is -2.25. The monoisotopic (exact) mass is 529 g/mol. The lowest BCUT2D eigenvalue weighted by molar-refractivity contribution is -0.139. The van der Waals surface area contributed by atoms with Gasteiger partial charge in [-0.25, -0.2) is 0 Å². The summed E-state index contributed by atoms with van der Waals surface area (Å²) < 4.78 is 16.5. The Hall–Kier alpha value is -4.26. The fourth-order valence-corrected chi connectivity index (χ4v) is 4.97. The van der Waals surface area contributed by atoms with Crippen molar-refractivity contribution in [2.75, 3.05) is 27.4 Å². The zero-order chi connectivity index (χ0) is 28.1. The van der Waals surface area contributed by atoms with Gasteiger partial charge in [0.15, 0.2) is 11.5 Å². The number of benzene rings is 3. The molecule has 1 fully saturated rings. The van der Waals surface area contributed by atoms with Gasteiger partial charge in [-0.1, -0.05) is 50.2 Å². The van der Waals surface area contributed by atoms with Crippen molar-refractivity contribution < 1.29 is 28.9 Å². The summed E-state index contributed by atoms with van der Waals surface area (Å²) in [4.78, 5) is 28.3. The molecule has 39 heavy (non-hydrogen) atoms. The van der Waals surface area contributed by atoms with E-state index in [0.717, 1.165) is 22.4 Å². The van der Waals surface area contributed by atoms with E-state index in [1.807, 2.05) is 75.4 Å². The Balaban J connectivity index is 1.75. The van der Waals surface area contributed by atoms with Crippen LogP contribution < -0.4 is 14.2 Å². The van der Waals surface area contributed by atoms with Gasteiger partial charge in [-0.3, -0.25) is 9.59 Å². The highest BCUT2D eigenvalue weighted by molar-refractivity contribution is 6.46. The maximum Gasteiger partial charge on any atom is 0.295 e. The van der Waals surface area contributed by atoms with E-state index in [1.54, 1.807) is 26.4 Å². The summed E-state index contributed by atoms with van der Waals surface area (Å²) in [6.07, 6.45) is 0.483. The van der Waals surface area contributed by atoms with Crippen LogP contribution in [0.5, 0.6) is 17.2 Å². The zero-order valence-corrected chi connectivity index (χ0v) is 23.1. The second-order valence-corrected chi connectivity index (χ2v) is 9.68. The Morgan fingerprint density at radius 2 is 1.62 bits per heavy atom. The molecular formula is C32H35NO6. The molecule has 4 rings (SSSR count). The summed E-state index contributed by atoms with van der Waals surface area (Å²) in [6.45, 7) is 6.79. The maximum absolute atomic E-state index is 13.4. The average Bonchev–Trinajstić information content (AvgIpc) is 3.21. The third kappa shape index (κ3) is 5.62. The van der Waals surface area contributed by atoms with Crippen molar-refractivity contribution in [2.24, 2.45) is 0 Å². The highest BCUT2D eigenvalue weighted by atomic mass is 16.5. The number of carbonyl (C=O) groups is 2. The van der Waals surface area contributed by atoms with Crippen molar-refractivity contribution in [3.05, 3.63) is 94.6 Å². The standard InChI is InChI=1S/C32H35NO6/c1-6-39-25-15-13-23(19-24(25)20(2)3)30(34)28-29(22-10-8-7-9-11-22)33(32(36)31(28)35)17-16-21-12-14-26(37-4)27(18-21)38-5/h7-15,18-20,29,34H,6,16-17H2,1-5H3/b30-28-. The number of ether oxygens (including phenoxy) is 3. The van der Waals surface area contributed by atoms with Crippen molar-refractivity contribution >= 4 is 17.4 Å². The van der Waals surface area contributed by atoms with E-state index in [0.29, 0.717) is 30.1 Å². The summed E-state index contributed by atoms with van der Waals surface area (Å²) in [5, 5.41) is 11.5. The van der Waals surface area contributed by atoms with E-state index in [4.69, 9.17) is 14.2 Å². The Morgan fingerprint density at radius 1 is 0.923 bits per heavy atom. The molecule has 1 heterocycles. The summed E-state index contributed by atoms with van der Waals surface area (Å²) in [6, 6.07) is 19.6. The number of nitrogens with zero attached hydrogens (tertiary/aromatic N) is 1. The van der Waals surface area contributed by atoms with E-state index < -0.39 is 17.7 Å². The molecule has 0 saturated carbocycles. The number of ketones is 1. The molecule has 0 bridgehead atoms. The largest absolute Gasteiger partial charge is 0.507 e. The molecule has 204 valence electrons. The summed E-state index contributed by atoms with van der Waals surface area (Å²) in [7, 11) is 3.15. The van der Waals surface area contributed by atoms with Gasteiger partial charge in [-0.2, -0.15) is 0 Å². The number of hydrogen-bond donors (Lipinski definition) is 1. The molecule has 0 radical (unpaired) electrons. The molecule has 1 saturated heterocycles. The minimum Gasteiger partial charge on any atom is -0.507 e. The van der Waals surface area contributed by atoms with Crippen molar-refractivity contribution in [1.29, 1.82) is 0 Å². The number of likely N-dealkylation sites (tertiary alicyclic amines) is 1. The molecule has 3 aromatic rings. The van der Waals surface area contributed by atoms with Gasteiger partial charge in [-0.05, 0) is 66.3 Å². The zero-order valence-electron chi connectivity index (χ0n) is 23.1. The van der Waals surface area contributed by atoms with Gasteiger partial charge in [0.2, 0.25) is 0 Å². The molecule has 0 spiro atoms. The van der Waals surface area contributed by atoms with Crippen LogP contribution in [0, 0.1) is 0 Å². The first-order valence-corrected chi connectivity index (χ1v) is 13.1. The van der Waals surface area contributed by atoms with Gasteiger partial charge in [0, 0.05) is 12.1 Å². The van der Waals surface area contributed by atoms with Crippen LogP contribution in [-0.4, -0.2) is 49.1 Å². The van der Waals surface area contributed by atoms with Crippen molar-refractivity contribution in [2.45, 2.75) is 39.2 Å². The molecule has 1 atom stereocenters. The number of aliphatic hydroxyl groups is 1. The van der Waals surface area contributed by atoms with E-state index in [2.05, 4.69) is 0 Å². The van der Waals surface area contributed by atoms with E-state index in [-0.39, 0.29) is 23.8 Å². The normalized spacial score (nSPS) is 16.6. The SMILES string of the molecule is CCOc1ccc(/C(O)=C2/C(=O)C(=O)N(CCc3ccc(OC)c(OC)c3)C2c2ccccc2)cc1C(C)C. The van der Waals surface area contributed by atoms with Crippen molar-refractivity contribution in [3.63, 3.8) is 0 Å². The molecule has 1 amide bonds. The van der Waals surface area contributed by atoms with E-state index in [1.165, 1.54) is 4.90 Å². The van der Waals surface area contributed by atoms with Crippen LogP contribution in [-0.2, 0) is 16.0 Å². The molecule has 0 aliphatic carbocycles. The van der Waals surface area contributed by atoms with Gasteiger partial charge >= 0.3 is 0 Å². The van der Waals surface area contributed by atoms with Gasteiger partial charge in [0.05, 0.1) is 32.4 Å². The third-order valence-electron chi connectivity index (χ3n) is 6.95. The Labute approximate surface area is 229 Å². The molecule has 3 aromatic carbocycles. The fraction of sp³-hybridized carbons (Fsp3) is 0.312.